The van der Waals surface area contributed by atoms with Gasteiger partial charge in [0.1, 0.15) is 0 Å². The van der Waals surface area contributed by atoms with Gasteiger partial charge in [0.05, 0.1) is 47.2 Å². The molecule has 0 saturated heterocycles. The maximum absolute atomic E-state index is 5.65. The molecule has 0 bridgehead atoms. The number of hydrogen-bond acceptors (Lipinski definition) is 6. The molecule has 0 aliphatic rings. The van der Waals surface area contributed by atoms with Crippen molar-refractivity contribution in [3.8, 4) is 29.0 Å². The minimum Gasteiger partial charge on any atom is -0.308 e. The van der Waals surface area contributed by atoms with E-state index < -0.39 is 0 Å². The molecule has 0 N–H and O–H groups in total. The molecule has 0 amide bonds. The Labute approximate surface area is 421 Å². The molecule has 0 aliphatic heterocycles. The van der Waals surface area contributed by atoms with Gasteiger partial charge in [-0.1, -0.05) is 146 Å². The highest BCUT2D eigenvalue weighted by Gasteiger charge is 2.25. The van der Waals surface area contributed by atoms with E-state index in [9.17, 15) is 0 Å². The van der Waals surface area contributed by atoms with Gasteiger partial charge in [0, 0.05) is 90.0 Å². The molecule has 0 saturated carbocycles. The fourth-order valence-corrected chi connectivity index (χ4v) is 15.5. The highest BCUT2D eigenvalue weighted by Crippen LogP contribution is 2.46. The molecule has 0 unspecified atom stereocenters. The Morgan fingerprint density at radius 2 is 0.597 bits per heavy atom. The first kappa shape index (κ1) is 39.0. The van der Waals surface area contributed by atoms with E-state index in [0.29, 0.717) is 17.7 Å². The summed E-state index contributed by atoms with van der Waals surface area (Å²) in [7, 11) is 0. The van der Waals surface area contributed by atoms with Crippen LogP contribution in [0.25, 0.3) is 155 Å². The zero-order valence-electron chi connectivity index (χ0n) is 38.0. The lowest BCUT2D eigenvalue weighted by Crippen LogP contribution is -2.10. The first-order chi connectivity index (χ1) is 35.7. The van der Waals surface area contributed by atoms with Crippen LogP contribution in [0.3, 0.4) is 0 Å². The third-order valence-corrected chi connectivity index (χ3v) is 18.5. The Kier molecular flexibility index (Phi) is 7.83. The van der Waals surface area contributed by atoms with Gasteiger partial charge >= 0.3 is 0 Å². The number of rotatable bonds is 4. The van der Waals surface area contributed by atoms with Crippen LogP contribution in [0.5, 0.6) is 0 Å². The number of benzene rings is 10. The van der Waals surface area contributed by atoms with Crippen molar-refractivity contribution in [3.05, 3.63) is 206 Å². The van der Waals surface area contributed by atoms with Crippen LogP contribution in [-0.4, -0.2) is 28.7 Å². The number of nitrogens with zero attached hydrogens (tertiary/aromatic N) is 6. The smallest absolute Gasteiger partial charge is 0.240 e. The van der Waals surface area contributed by atoms with E-state index in [4.69, 9.17) is 15.0 Å². The van der Waals surface area contributed by atoms with E-state index in [1.54, 1.807) is 0 Å². The van der Waals surface area contributed by atoms with Crippen molar-refractivity contribution in [3.63, 3.8) is 0 Å². The molecule has 0 atom stereocenters. The van der Waals surface area contributed by atoms with E-state index in [2.05, 4.69) is 220 Å². The second-order valence-corrected chi connectivity index (χ2v) is 21.8. The van der Waals surface area contributed by atoms with E-state index in [0.717, 1.165) is 44.1 Å². The molecule has 0 radical (unpaired) electrons. The van der Waals surface area contributed by atoms with Gasteiger partial charge in [-0.3, -0.25) is 9.13 Å². The molecule has 0 spiro atoms. The van der Waals surface area contributed by atoms with Crippen molar-refractivity contribution in [1.29, 1.82) is 0 Å². The highest BCUT2D eigenvalue weighted by molar-refractivity contribution is 7.27. The number of hydrogen-bond donors (Lipinski definition) is 0. The Morgan fingerprint density at radius 3 is 1.01 bits per heavy atom. The standard InChI is InChI=1S/C63H34N6S3/c1-7-19-49-37(13-1)43-29-32-46-40-16-4-10-22-52(40)70-58(46)55(43)67(49)36-27-25-35(26-28-36)61-64-62(68-50-20-8-2-14-38(50)44-30-33-47-41-17-5-11-23-53(41)71-59(47)56(44)68)66-63(65-61)69-51-21-9-3-15-39(51)45-31-34-48-42-18-6-12-24-54(42)72-60(48)57(45)69/h1-34H. The minimum absolute atomic E-state index is 0.569. The summed E-state index contributed by atoms with van der Waals surface area (Å²) in [6.45, 7) is 0. The average Bonchev–Trinajstić information content (AvgIpc) is 4.29. The van der Waals surface area contributed by atoms with Gasteiger partial charge in [0.25, 0.3) is 0 Å². The third kappa shape index (κ3) is 5.23. The van der Waals surface area contributed by atoms with Crippen molar-refractivity contribution in [2.75, 3.05) is 0 Å². The lowest BCUT2D eigenvalue weighted by Gasteiger charge is -2.14. The Hall–Kier alpha value is -8.73. The number of fused-ring (bicyclic) bond motifs is 21. The molecule has 7 aromatic heterocycles. The maximum atomic E-state index is 5.65. The van der Waals surface area contributed by atoms with E-state index in [1.165, 1.54) is 93.1 Å². The summed E-state index contributed by atoms with van der Waals surface area (Å²) in [5.41, 5.74) is 8.67. The van der Waals surface area contributed by atoms with Crippen molar-refractivity contribution >= 4 is 160 Å². The largest absolute Gasteiger partial charge is 0.308 e. The van der Waals surface area contributed by atoms with Gasteiger partial charge in [0.15, 0.2) is 5.82 Å². The molecule has 6 nitrogen and oxygen atoms in total. The molecule has 72 heavy (non-hydrogen) atoms. The Morgan fingerprint density at radius 1 is 0.264 bits per heavy atom. The van der Waals surface area contributed by atoms with Gasteiger partial charge in [-0.05, 0) is 60.7 Å². The molecule has 17 rings (SSSR count). The summed E-state index contributed by atoms with van der Waals surface area (Å²) in [6, 6.07) is 74.9. The fourth-order valence-electron chi connectivity index (χ4n) is 11.8. The minimum atomic E-state index is 0.569. The van der Waals surface area contributed by atoms with Gasteiger partial charge in [-0.15, -0.1) is 34.0 Å². The molecule has 0 fully saturated rings. The molecule has 10 aromatic carbocycles. The summed E-state index contributed by atoms with van der Waals surface area (Å²) in [4.78, 5) is 16.8. The molecule has 9 heteroatoms. The predicted octanol–water partition coefficient (Wildman–Crippen LogP) is 17.9. The van der Waals surface area contributed by atoms with Crippen molar-refractivity contribution in [1.82, 2.24) is 28.7 Å². The van der Waals surface area contributed by atoms with Gasteiger partial charge < -0.3 is 4.57 Å². The lowest BCUT2D eigenvalue weighted by atomic mass is 10.1. The topological polar surface area (TPSA) is 53.5 Å². The number of aromatic nitrogens is 6. The quantitative estimate of drug-likeness (QED) is 0.177. The van der Waals surface area contributed by atoms with Crippen LogP contribution >= 0.6 is 34.0 Å². The zero-order chi connectivity index (χ0) is 46.8. The molecule has 7 heterocycles. The first-order valence-electron chi connectivity index (χ1n) is 24.1. The highest BCUT2D eigenvalue weighted by atomic mass is 32.1. The Balaban J connectivity index is 0.959. The van der Waals surface area contributed by atoms with Crippen molar-refractivity contribution < 1.29 is 0 Å². The Bertz CT molecular complexity index is 4970. The third-order valence-electron chi connectivity index (χ3n) is 14.9. The van der Waals surface area contributed by atoms with Crippen LogP contribution in [0.15, 0.2) is 206 Å². The second-order valence-electron chi connectivity index (χ2n) is 18.7. The van der Waals surface area contributed by atoms with E-state index >= 15 is 0 Å². The monoisotopic (exact) mass is 970 g/mol. The average molecular weight is 971 g/mol. The van der Waals surface area contributed by atoms with Crippen LogP contribution in [0.4, 0.5) is 0 Å². The number of thiophene rings is 3. The van der Waals surface area contributed by atoms with E-state index in [1.807, 2.05) is 34.0 Å². The van der Waals surface area contributed by atoms with Crippen LogP contribution in [-0.2, 0) is 0 Å². The van der Waals surface area contributed by atoms with Crippen LogP contribution < -0.4 is 0 Å². The van der Waals surface area contributed by atoms with Crippen LogP contribution in [0.2, 0.25) is 0 Å². The molecule has 334 valence electrons. The van der Waals surface area contributed by atoms with E-state index in [-0.39, 0.29) is 0 Å². The SMILES string of the molecule is c1ccc2c(c1)sc1c2ccc2c3ccccc3n(-c3ccc(-c4nc(-n5c6ccccc6c6ccc7c8ccccc8sc7c65)nc(-n5c6ccccc6c6ccc7c8ccccc8sc7c65)n4)cc3)c21. The van der Waals surface area contributed by atoms with Crippen molar-refractivity contribution in [2.24, 2.45) is 0 Å². The molecule has 17 aromatic rings. The summed E-state index contributed by atoms with van der Waals surface area (Å²) >= 11 is 5.53. The van der Waals surface area contributed by atoms with Crippen molar-refractivity contribution in [2.45, 2.75) is 0 Å². The van der Waals surface area contributed by atoms with Gasteiger partial charge in [-0.25, -0.2) is 0 Å². The van der Waals surface area contributed by atoms with Crippen LogP contribution in [0.1, 0.15) is 0 Å². The maximum Gasteiger partial charge on any atom is 0.240 e. The summed E-state index contributed by atoms with van der Waals surface area (Å²) in [5, 5.41) is 14.7. The molecular weight excluding hydrogens is 937 g/mol. The van der Waals surface area contributed by atoms with Crippen LogP contribution in [0, 0.1) is 0 Å². The van der Waals surface area contributed by atoms with Gasteiger partial charge in [-0.2, -0.15) is 15.0 Å². The predicted molar refractivity (Wildman–Crippen MR) is 307 cm³/mol. The second kappa shape index (κ2) is 14.4. The first-order valence-corrected chi connectivity index (χ1v) is 26.5. The summed E-state index contributed by atoms with van der Waals surface area (Å²) in [5.74, 6) is 1.73. The molecular formula is C63H34N6S3. The molecule has 0 aliphatic carbocycles. The fraction of sp³-hybridized carbons (Fsp3) is 0. The lowest BCUT2D eigenvalue weighted by molar-refractivity contribution is 0.895. The number of para-hydroxylation sites is 3. The summed E-state index contributed by atoms with van der Waals surface area (Å²) < 4.78 is 14.5. The normalized spacial score (nSPS) is 12.4. The zero-order valence-corrected chi connectivity index (χ0v) is 40.5. The van der Waals surface area contributed by atoms with Gasteiger partial charge in [0.2, 0.25) is 11.9 Å². The summed E-state index contributed by atoms with van der Waals surface area (Å²) in [6.07, 6.45) is 0.